The van der Waals surface area contributed by atoms with Crippen LogP contribution in [0.15, 0.2) is 0 Å². The number of aliphatic carboxylic acids is 1. The third-order valence-corrected chi connectivity index (χ3v) is 4.60. The molecule has 1 fully saturated rings. The van der Waals surface area contributed by atoms with Crippen LogP contribution in [0.2, 0.25) is 0 Å². The zero-order valence-electron chi connectivity index (χ0n) is 9.89. The molecule has 1 aliphatic rings. The van der Waals surface area contributed by atoms with Gasteiger partial charge < -0.3 is 9.84 Å². The van der Waals surface area contributed by atoms with E-state index in [2.05, 4.69) is 4.72 Å². The minimum absolute atomic E-state index is 0.147. The molecule has 17 heavy (non-hydrogen) atoms. The molecule has 7 heteroatoms. The topological polar surface area (TPSA) is 92.7 Å². The molecule has 0 aromatic carbocycles. The van der Waals surface area contributed by atoms with Gasteiger partial charge in [-0.2, -0.15) is 0 Å². The van der Waals surface area contributed by atoms with Crippen LogP contribution in [0.1, 0.15) is 32.6 Å². The Hall–Kier alpha value is -0.660. The molecule has 0 aromatic rings. The summed E-state index contributed by atoms with van der Waals surface area (Å²) in [5.41, 5.74) is 0. The van der Waals surface area contributed by atoms with Crippen molar-refractivity contribution in [3.63, 3.8) is 0 Å². The van der Waals surface area contributed by atoms with Crippen LogP contribution in [0.25, 0.3) is 0 Å². The lowest BCUT2D eigenvalue weighted by Gasteiger charge is -2.24. The van der Waals surface area contributed by atoms with E-state index in [-0.39, 0.29) is 6.61 Å². The van der Waals surface area contributed by atoms with E-state index in [9.17, 15) is 13.2 Å². The molecule has 2 N–H and O–H groups in total. The predicted octanol–water partition coefficient (Wildman–Crippen LogP) is 0.338. The summed E-state index contributed by atoms with van der Waals surface area (Å²) >= 11 is 0. The lowest BCUT2D eigenvalue weighted by atomic mass is 10.2. The SMILES string of the molecule is CCCC(NS(=O)(=O)C1CCCOC1)C(=O)O. The lowest BCUT2D eigenvalue weighted by molar-refractivity contribution is -0.139. The van der Waals surface area contributed by atoms with Gasteiger partial charge in [0.15, 0.2) is 0 Å². The number of nitrogens with one attached hydrogen (secondary N) is 1. The average Bonchev–Trinajstić information content (AvgIpc) is 2.29. The number of carboxylic acid groups (broad SMARTS) is 1. The van der Waals surface area contributed by atoms with Crippen molar-refractivity contribution < 1.29 is 23.1 Å². The molecule has 1 rings (SSSR count). The number of sulfonamides is 1. The molecule has 100 valence electrons. The Balaban J connectivity index is 2.65. The predicted molar refractivity (Wildman–Crippen MR) is 62.2 cm³/mol. The zero-order chi connectivity index (χ0) is 12.9. The monoisotopic (exact) mass is 265 g/mol. The molecule has 1 saturated heterocycles. The summed E-state index contributed by atoms with van der Waals surface area (Å²) in [6, 6.07) is -1.04. The number of ether oxygens (including phenoxy) is 1. The van der Waals surface area contributed by atoms with Gasteiger partial charge in [-0.05, 0) is 19.3 Å². The van der Waals surface area contributed by atoms with Crippen molar-refractivity contribution in [3.05, 3.63) is 0 Å². The maximum Gasteiger partial charge on any atom is 0.321 e. The minimum Gasteiger partial charge on any atom is -0.480 e. The summed E-state index contributed by atoms with van der Waals surface area (Å²) in [6.45, 7) is 2.53. The number of carbonyl (C=O) groups is 1. The maximum absolute atomic E-state index is 11.9. The standard InChI is InChI=1S/C10H19NO5S/c1-2-4-9(10(12)13)11-17(14,15)8-5-3-6-16-7-8/h8-9,11H,2-7H2,1H3,(H,12,13). The summed E-state index contributed by atoms with van der Waals surface area (Å²) in [5, 5.41) is 8.28. The first-order valence-corrected chi connectivity index (χ1v) is 7.33. The van der Waals surface area contributed by atoms with E-state index < -0.39 is 27.3 Å². The van der Waals surface area contributed by atoms with Crippen LogP contribution in [-0.4, -0.2) is 44.0 Å². The van der Waals surface area contributed by atoms with E-state index in [1.807, 2.05) is 6.92 Å². The molecule has 0 saturated carbocycles. The molecule has 2 atom stereocenters. The highest BCUT2D eigenvalue weighted by Gasteiger charge is 2.31. The molecule has 0 aliphatic carbocycles. The van der Waals surface area contributed by atoms with Crippen molar-refractivity contribution in [1.29, 1.82) is 0 Å². The lowest BCUT2D eigenvalue weighted by Crippen LogP contribution is -2.47. The van der Waals surface area contributed by atoms with Gasteiger partial charge in [-0.3, -0.25) is 4.79 Å². The van der Waals surface area contributed by atoms with Crippen molar-refractivity contribution in [1.82, 2.24) is 4.72 Å². The molecule has 1 aliphatic heterocycles. The van der Waals surface area contributed by atoms with Gasteiger partial charge in [0.2, 0.25) is 10.0 Å². The summed E-state index contributed by atoms with van der Waals surface area (Å²) < 4.78 is 31.2. The molecule has 0 spiro atoms. The van der Waals surface area contributed by atoms with Crippen molar-refractivity contribution in [2.75, 3.05) is 13.2 Å². The van der Waals surface area contributed by atoms with Crippen LogP contribution in [0.3, 0.4) is 0 Å². The van der Waals surface area contributed by atoms with E-state index in [0.29, 0.717) is 32.3 Å². The van der Waals surface area contributed by atoms with E-state index >= 15 is 0 Å². The Morgan fingerprint density at radius 1 is 1.59 bits per heavy atom. The highest BCUT2D eigenvalue weighted by molar-refractivity contribution is 7.90. The van der Waals surface area contributed by atoms with Gasteiger partial charge in [0, 0.05) is 6.61 Å². The summed E-state index contributed by atoms with van der Waals surface area (Å²) in [4.78, 5) is 10.9. The number of carboxylic acids is 1. The number of rotatable bonds is 6. The van der Waals surface area contributed by atoms with Crippen LogP contribution >= 0.6 is 0 Å². The highest BCUT2D eigenvalue weighted by atomic mass is 32.2. The van der Waals surface area contributed by atoms with Crippen molar-refractivity contribution in [3.8, 4) is 0 Å². The summed E-state index contributed by atoms with van der Waals surface area (Å²) in [5.74, 6) is -1.13. The zero-order valence-corrected chi connectivity index (χ0v) is 10.7. The first-order valence-electron chi connectivity index (χ1n) is 5.79. The third-order valence-electron chi connectivity index (χ3n) is 2.74. The Kier molecular flexibility index (Phi) is 5.35. The first kappa shape index (κ1) is 14.4. The van der Waals surface area contributed by atoms with Gasteiger partial charge in [0.1, 0.15) is 6.04 Å². The molecule has 0 bridgehead atoms. The Morgan fingerprint density at radius 2 is 2.29 bits per heavy atom. The Morgan fingerprint density at radius 3 is 2.76 bits per heavy atom. The van der Waals surface area contributed by atoms with Crippen molar-refractivity contribution in [2.24, 2.45) is 0 Å². The Labute approximate surface area is 101 Å². The fraction of sp³-hybridized carbons (Fsp3) is 0.900. The number of hydrogen-bond donors (Lipinski definition) is 2. The normalized spacial score (nSPS) is 23.2. The second kappa shape index (κ2) is 6.32. The smallest absolute Gasteiger partial charge is 0.321 e. The average molecular weight is 265 g/mol. The highest BCUT2D eigenvalue weighted by Crippen LogP contribution is 2.14. The van der Waals surface area contributed by atoms with Crippen LogP contribution < -0.4 is 4.72 Å². The summed E-state index contributed by atoms with van der Waals surface area (Å²) in [7, 11) is -3.61. The van der Waals surface area contributed by atoms with E-state index in [1.165, 1.54) is 0 Å². The van der Waals surface area contributed by atoms with Gasteiger partial charge >= 0.3 is 5.97 Å². The van der Waals surface area contributed by atoms with Crippen molar-refractivity contribution in [2.45, 2.75) is 43.9 Å². The summed E-state index contributed by atoms with van der Waals surface area (Å²) in [6.07, 6.45) is 2.12. The van der Waals surface area contributed by atoms with Crippen LogP contribution in [0.4, 0.5) is 0 Å². The maximum atomic E-state index is 11.9. The van der Waals surface area contributed by atoms with Crippen LogP contribution in [0.5, 0.6) is 0 Å². The number of hydrogen-bond acceptors (Lipinski definition) is 4. The molecule has 0 radical (unpaired) electrons. The fourth-order valence-electron chi connectivity index (χ4n) is 1.77. The first-order chi connectivity index (χ1) is 7.97. The molecule has 0 aromatic heterocycles. The minimum atomic E-state index is -3.61. The molecule has 2 unspecified atom stereocenters. The molecule has 6 nitrogen and oxygen atoms in total. The van der Waals surface area contributed by atoms with E-state index in [0.717, 1.165) is 0 Å². The van der Waals surface area contributed by atoms with Crippen LogP contribution in [0, 0.1) is 0 Å². The molecule has 1 heterocycles. The second-order valence-corrected chi connectivity index (χ2v) is 6.17. The molecular weight excluding hydrogens is 246 g/mol. The molecular formula is C10H19NO5S. The van der Waals surface area contributed by atoms with Crippen molar-refractivity contribution >= 4 is 16.0 Å². The van der Waals surface area contributed by atoms with Gasteiger partial charge in [-0.1, -0.05) is 13.3 Å². The third kappa shape index (κ3) is 4.25. The van der Waals surface area contributed by atoms with Gasteiger partial charge in [0.05, 0.1) is 11.9 Å². The van der Waals surface area contributed by atoms with Crippen LogP contribution in [-0.2, 0) is 19.6 Å². The van der Waals surface area contributed by atoms with E-state index in [4.69, 9.17) is 9.84 Å². The molecule has 0 amide bonds. The fourth-order valence-corrected chi connectivity index (χ4v) is 3.33. The Bertz CT molecular complexity index is 348. The van der Waals surface area contributed by atoms with Gasteiger partial charge in [0.25, 0.3) is 0 Å². The van der Waals surface area contributed by atoms with E-state index in [1.54, 1.807) is 0 Å². The van der Waals surface area contributed by atoms with Gasteiger partial charge in [-0.25, -0.2) is 13.1 Å². The quantitative estimate of drug-likeness (QED) is 0.722. The second-order valence-electron chi connectivity index (χ2n) is 4.18. The largest absolute Gasteiger partial charge is 0.480 e. The van der Waals surface area contributed by atoms with Gasteiger partial charge in [-0.15, -0.1) is 0 Å².